The van der Waals surface area contributed by atoms with Crippen molar-refractivity contribution < 1.29 is 19.1 Å². The van der Waals surface area contributed by atoms with Crippen LogP contribution in [0.25, 0.3) is 0 Å². The van der Waals surface area contributed by atoms with Gasteiger partial charge >= 0.3 is 7.60 Å². The summed E-state index contributed by atoms with van der Waals surface area (Å²) >= 11 is 0. The molecule has 0 aliphatic heterocycles. The molecule has 0 aliphatic carbocycles. The molecule has 4 nitrogen and oxygen atoms in total. The largest absolute Gasteiger partial charge is 0.339 e. The minimum Gasteiger partial charge on any atom is -0.324 e. The summed E-state index contributed by atoms with van der Waals surface area (Å²) in [5.41, 5.74) is 0.627. The Kier molecular flexibility index (Phi) is 3.90. The van der Waals surface area contributed by atoms with Gasteiger partial charge in [0.2, 0.25) is 5.78 Å². The summed E-state index contributed by atoms with van der Waals surface area (Å²) in [6.45, 7) is 2.38. The third kappa shape index (κ3) is 3.28. The van der Waals surface area contributed by atoms with Crippen molar-refractivity contribution in [1.29, 1.82) is 0 Å². The lowest BCUT2D eigenvalue weighted by Crippen LogP contribution is -2.30. The quantitative estimate of drug-likeness (QED) is 0.618. The number of benzene rings is 1. The van der Waals surface area contributed by atoms with Gasteiger partial charge in [0.1, 0.15) is 5.16 Å². The highest BCUT2D eigenvalue weighted by atomic mass is 31.2. The Morgan fingerprint density at radius 3 is 2.24 bits per heavy atom. The predicted molar refractivity (Wildman–Crippen MR) is 64.5 cm³/mol. The second-order valence-electron chi connectivity index (χ2n) is 4.05. The Bertz CT molecular complexity index is 516. The molecule has 2 N–H and O–H groups in total. The number of hydrogen-bond donors (Lipinski definition) is 2. The van der Waals surface area contributed by atoms with Gasteiger partial charge in [0, 0.05) is 5.56 Å². The summed E-state index contributed by atoms with van der Waals surface area (Å²) in [7, 11) is -4.50. The molecule has 0 bridgehead atoms. The summed E-state index contributed by atoms with van der Waals surface area (Å²) in [5.74, 6) is 4.08. The first kappa shape index (κ1) is 13.7. The molecule has 0 aromatic heterocycles. The number of carbonyl (C=O) groups excluding carboxylic acids is 1. The Morgan fingerprint density at radius 1 is 1.24 bits per heavy atom. The maximum Gasteiger partial charge on any atom is 0.339 e. The fourth-order valence-electron chi connectivity index (χ4n) is 0.936. The van der Waals surface area contributed by atoms with Crippen molar-refractivity contribution in [1.82, 2.24) is 0 Å². The van der Waals surface area contributed by atoms with Crippen LogP contribution in [0.1, 0.15) is 19.4 Å². The van der Waals surface area contributed by atoms with Crippen LogP contribution in [0.5, 0.6) is 0 Å². The molecule has 0 saturated heterocycles. The lowest BCUT2D eigenvalue weighted by molar-refractivity contribution is -0.115. The first-order chi connectivity index (χ1) is 7.75. The second-order valence-corrected chi connectivity index (χ2v) is 6.25. The third-order valence-corrected chi connectivity index (χ3v) is 4.04. The van der Waals surface area contributed by atoms with E-state index in [1.165, 1.54) is 13.8 Å². The summed E-state index contributed by atoms with van der Waals surface area (Å²) in [4.78, 5) is 29.7. The van der Waals surface area contributed by atoms with E-state index in [0.29, 0.717) is 5.56 Å². The van der Waals surface area contributed by atoms with Gasteiger partial charge in [-0.15, -0.1) is 0 Å². The highest BCUT2D eigenvalue weighted by Crippen LogP contribution is 2.50. The van der Waals surface area contributed by atoms with Gasteiger partial charge in [-0.2, -0.15) is 0 Å². The zero-order valence-electron chi connectivity index (χ0n) is 9.54. The van der Waals surface area contributed by atoms with Crippen LogP contribution in [0.2, 0.25) is 0 Å². The van der Waals surface area contributed by atoms with Crippen molar-refractivity contribution in [3.63, 3.8) is 0 Å². The number of ketones is 1. The van der Waals surface area contributed by atoms with Crippen molar-refractivity contribution in [2.45, 2.75) is 19.0 Å². The standard InChI is InChI=1S/C12H13O4P/c1-12(2,17(14,15)16)11(13)9-8-10-6-4-3-5-7-10/h3-7H,1-2H3,(H2,14,15,16). The molecule has 0 aliphatic rings. The molecule has 5 heteroatoms. The first-order valence-corrected chi connectivity index (χ1v) is 6.53. The molecule has 17 heavy (non-hydrogen) atoms. The summed E-state index contributed by atoms with van der Waals surface area (Å²) in [6.07, 6.45) is 0. The van der Waals surface area contributed by atoms with Crippen molar-refractivity contribution in [2.75, 3.05) is 0 Å². The van der Waals surface area contributed by atoms with Crippen LogP contribution < -0.4 is 0 Å². The van der Waals surface area contributed by atoms with Crippen molar-refractivity contribution >= 4 is 13.4 Å². The van der Waals surface area contributed by atoms with Gasteiger partial charge in [-0.25, -0.2) is 0 Å². The molecule has 0 radical (unpaired) electrons. The maximum absolute atomic E-state index is 11.6. The van der Waals surface area contributed by atoms with Gasteiger partial charge in [0.25, 0.3) is 0 Å². The fourth-order valence-corrected chi connectivity index (χ4v) is 1.26. The maximum atomic E-state index is 11.6. The third-order valence-electron chi connectivity index (χ3n) is 2.38. The number of carbonyl (C=O) groups is 1. The van der Waals surface area contributed by atoms with E-state index in [9.17, 15) is 9.36 Å². The van der Waals surface area contributed by atoms with Gasteiger partial charge in [-0.05, 0) is 31.9 Å². The van der Waals surface area contributed by atoms with Crippen LogP contribution in [0.3, 0.4) is 0 Å². The molecule has 0 atom stereocenters. The number of rotatable bonds is 2. The van der Waals surface area contributed by atoms with Crippen LogP contribution in [0.15, 0.2) is 30.3 Å². The zero-order chi connectivity index (χ0) is 13.1. The molecular formula is C12H13O4P. The first-order valence-electron chi connectivity index (χ1n) is 4.92. The zero-order valence-corrected chi connectivity index (χ0v) is 10.4. The van der Waals surface area contributed by atoms with E-state index in [-0.39, 0.29) is 0 Å². The van der Waals surface area contributed by atoms with Crippen LogP contribution in [0.4, 0.5) is 0 Å². The van der Waals surface area contributed by atoms with E-state index in [4.69, 9.17) is 9.79 Å². The minimum atomic E-state index is -4.50. The molecule has 1 aromatic rings. The van der Waals surface area contributed by atoms with Crippen LogP contribution in [0, 0.1) is 11.8 Å². The van der Waals surface area contributed by atoms with Gasteiger partial charge in [-0.1, -0.05) is 24.1 Å². The Balaban J connectivity index is 2.96. The molecule has 1 aromatic carbocycles. The molecular weight excluding hydrogens is 239 g/mol. The average molecular weight is 252 g/mol. The Hall–Kier alpha value is -1.40. The monoisotopic (exact) mass is 252 g/mol. The van der Waals surface area contributed by atoms with E-state index in [2.05, 4.69) is 11.8 Å². The lowest BCUT2D eigenvalue weighted by Gasteiger charge is -2.20. The number of hydrogen-bond acceptors (Lipinski definition) is 2. The van der Waals surface area contributed by atoms with E-state index < -0.39 is 18.5 Å². The molecule has 0 saturated carbocycles. The Labute approximate surface area is 99.8 Å². The predicted octanol–water partition coefficient (Wildman–Crippen LogP) is 1.56. The highest BCUT2D eigenvalue weighted by Gasteiger charge is 2.43. The average Bonchev–Trinajstić information content (AvgIpc) is 2.25. The van der Waals surface area contributed by atoms with Gasteiger partial charge in [0.15, 0.2) is 0 Å². The van der Waals surface area contributed by atoms with Crippen LogP contribution in [-0.4, -0.2) is 20.7 Å². The highest BCUT2D eigenvalue weighted by molar-refractivity contribution is 7.54. The van der Waals surface area contributed by atoms with Gasteiger partial charge < -0.3 is 9.79 Å². The summed E-state index contributed by atoms with van der Waals surface area (Å²) in [6, 6.07) is 8.77. The van der Waals surface area contributed by atoms with Crippen molar-refractivity contribution in [3.8, 4) is 11.8 Å². The van der Waals surface area contributed by atoms with Gasteiger partial charge in [0.05, 0.1) is 0 Å². The molecule has 0 unspecified atom stereocenters. The summed E-state index contributed by atoms with van der Waals surface area (Å²) in [5, 5.41) is -1.77. The summed E-state index contributed by atoms with van der Waals surface area (Å²) < 4.78 is 11.1. The minimum absolute atomic E-state index is 0.627. The smallest absolute Gasteiger partial charge is 0.324 e. The van der Waals surface area contributed by atoms with E-state index in [1.807, 2.05) is 6.07 Å². The normalized spacial score (nSPS) is 11.5. The molecule has 0 spiro atoms. The topological polar surface area (TPSA) is 74.6 Å². The van der Waals surface area contributed by atoms with E-state index >= 15 is 0 Å². The van der Waals surface area contributed by atoms with Gasteiger partial charge in [-0.3, -0.25) is 9.36 Å². The van der Waals surface area contributed by atoms with Crippen LogP contribution >= 0.6 is 7.60 Å². The fraction of sp³-hybridized carbons (Fsp3) is 0.250. The van der Waals surface area contributed by atoms with E-state index in [0.717, 1.165) is 0 Å². The van der Waals surface area contributed by atoms with Crippen molar-refractivity contribution in [2.24, 2.45) is 0 Å². The van der Waals surface area contributed by atoms with Crippen molar-refractivity contribution in [3.05, 3.63) is 35.9 Å². The molecule has 0 amide bonds. The molecule has 0 heterocycles. The number of Topliss-reactive ketones (excluding diaryl/α,β-unsaturated/α-hetero) is 1. The molecule has 1 rings (SSSR count). The molecule has 90 valence electrons. The molecule has 0 fully saturated rings. The second kappa shape index (κ2) is 4.85. The lowest BCUT2D eigenvalue weighted by atomic mass is 10.1. The SMILES string of the molecule is CC(C)(C(=O)C#Cc1ccccc1)P(=O)(O)O. The Morgan fingerprint density at radius 2 is 1.76 bits per heavy atom. The van der Waals surface area contributed by atoms with E-state index in [1.54, 1.807) is 24.3 Å². The van der Waals surface area contributed by atoms with Crippen LogP contribution in [-0.2, 0) is 9.36 Å².